The fourth-order valence-corrected chi connectivity index (χ4v) is 3.30. The van der Waals surface area contributed by atoms with Gasteiger partial charge in [0.1, 0.15) is 5.82 Å². The van der Waals surface area contributed by atoms with Gasteiger partial charge in [-0.15, -0.1) is 0 Å². The molecule has 0 aliphatic carbocycles. The van der Waals surface area contributed by atoms with Gasteiger partial charge in [-0.1, -0.05) is 18.2 Å². The summed E-state index contributed by atoms with van der Waals surface area (Å²) in [4.78, 5) is 26.7. The number of rotatable bonds is 6. The molecule has 0 atom stereocenters. The SMILES string of the molecule is CC(C)n1nccc1NC(=O)CN1CCC(NC(=O)c2ccccc2)CC1. The van der Waals surface area contributed by atoms with E-state index in [2.05, 4.69) is 20.6 Å². The van der Waals surface area contributed by atoms with E-state index in [1.807, 2.05) is 50.2 Å². The number of likely N-dealkylation sites (tertiary alicyclic amines) is 1. The van der Waals surface area contributed by atoms with Crippen LogP contribution in [0.4, 0.5) is 5.82 Å². The molecule has 0 unspecified atom stereocenters. The van der Waals surface area contributed by atoms with Crippen molar-refractivity contribution in [2.45, 2.75) is 38.8 Å². The highest BCUT2D eigenvalue weighted by Crippen LogP contribution is 2.14. The van der Waals surface area contributed by atoms with Crippen LogP contribution in [0.25, 0.3) is 0 Å². The smallest absolute Gasteiger partial charge is 0.251 e. The molecule has 0 spiro atoms. The Labute approximate surface area is 159 Å². The van der Waals surface area contributed by atoms with E-state index in [0.717, 1.165) is 31.7 Å². The topological polar surface area (TPSA) is 79.3 Å². The molecule has 27 heavy (non-hydrogen) atoms. The predicted molar refractivity (Wildman–Crippen MR) is 105 cm³/mol. The first-order chi connectivity index (χ1) is 13.0. The molecule has 2 heterocycles. The lowest BCUT2D eigenvalue weighted by Crippen LogP contribution is -2.46. The van der Waals surface area contributed by atoms with Crippen LogP contribution in [0.15, 0.2) is 42.6 Å². The third kappa shape index (κ3) is 5.17. The zero-order valence-corrected chi connectivity index (χ0v) is 15.9. The van der Waals surface area contributed by atoms with Crippen LogP contribution in [0.2, 0.25) is 0 Å². The van der Waals surface area contributed by atoms with Crippen LogP contribution in [-0.2, 0) is 4.79 Å². The maximum Gasteiger partial charge on any atom is 0.251 e. The lowest BCUT2D eigenvalue weighted by atomic mass is 10.0. The Morgan fingerprint density at radius 2 is 1.85 bits per heavy atom. The van der Waals surface area contributed by atoms with Gasteiger partial charge in [-0.05, 0) is 38.8 Å². The van der Waals surface area contributed by atoms with Crippen LogP contribution in [-0.4, -0.2) is 52.2 Å². The van der Waals surface area contributed by atoms with Gasteiger partial charge in [-0.25, -0.2) is 4.68 Å². The number of nitrogens with zero attached hydrogens (tertiary/aromatic N) is 3. The number of nitrogens with one attached hydrogen (secondary N) is 2. The van der Waals surface area contributed by atoms with Crippen LogP contribution in [0.3, 0.4) is 0 Å². The minimum Gasteiger partial charge on any atom is -0.349 e. The maximum absolute atomic E-state index is 12.3. The predicted octanol–water partition coefficient (Wildman–Crippen LogP) is 2.30. The molecule has 1 aliphatic heterocycles. The summed E-state index contributed by atoms with van der Waals surface area (Å²) in [6.07, 6.45) is 3.38. The van der Waals surface area contributed by atoms with E-state index in [1.54, 1.807) is 10.9 Å². The van der Waals surface area contributed by atoms with Crippen molar-refractivity contribution >= 4 is 17.6 Å². The molecular formula is C20H27N5O2. The Morgan fingerprint density at radius 3 is 2.52 bits per heavy atom. The van der Waals surface area contributed by atoms with Crippen molar-refractivity contribution in [2.24, 2.45) is 0 Å². The summed E-state index contributed by atoms with van der Waals surface area (Å²) in [6.45, 7) is 5.98. The van der Waals surface area contributed by atoms with Crippen molar-refractivity contribution in [1.29, 1.82) is 0 Å². The summed E-state index contributed by atoms with van der Waals surface area (Å²) >= 11 is 0. The minimum absolute atomic E-state index is 0.0336. The molecule has 1 fully saturated rings. The average molecular weight is 369 g/mol. The summed E-state index contributed by atoms with van der Waals surface area (Å²) in [5.74, 6) is 0.651. The van der Waals surface area contributed by atoms with Gasteiger partial charge in [0.25, 0.3) is 5.91 Å². The van der Waals surface area contributed by atoms with Gasteiger partial charge in [0.15, 0.2) is 0 Å². The first-order valence-corrected chi connectivity index (χ1v) is 9.44. The standard InChI is InChI=1S/C20H27N5O2/c1-15(2)25-18(8-11-21-25)23-19(26)14-24-12-9-17(10-13-24)22-20(27)16-6-4-3-5-7-16/h3-8,11,15,17H,9-10,12-14H2,1-2H3,(H,22,27)(H,23,26). The second-order valence-corrected chi connectivity index (χ2v) is 7.19. The summed E-state index contributed by atoms with van der Waals surface area (Å²) in [6, 6.07) is 11.4. The second-order valence-electron chi connectivity index (χ2n) is 7.19. The van der Waals surface area contributed by atoms with E-state index in [1.165, 1.54) is 0 Å². The van der Waals surface area contributed by atoms with E-state index < -0.39 is 0 Å². The number of amides is 2. The molecule has 2 N–H and O–H groups in total. The molecule has 0 saturated carbocycles. The third-order valence-electron chi connectivity index (χ3n) is 4.75. The lowest BCUT2D eigenvalue weighted by molar-refractivity contribution is -0.117. The fourth-order valence-electron chi connectivity index (χ4n) is 3.30. The normalized spacial score (nSPS) is 15.7. The molecular weight excluding hydrogens is 342 g/mol. The van der Waals surface area contributed by atoms with Gasteiger partial charge in [-0.3, -0.25) is 14.5 Å². The van der Waals surface area contributed by atoms with Gasteiger partial charge in [-0.2, -0.15) is 5.10 Å². The number of carbonyl (C=O) groups excluding carboxylic acids is 2. The summed E-state index contributed by atoms with van der Waals surface area (Å²) in [5.41, 5.74) is 0.682. The van der Waals surface area contributed by atoms with Crippen LogP contribution < -0.4 is 10.6 Å². The van der Waals surface area contributed by atoms with Crippen molar-refractivity contribution in [1.82, 2.24) is 20.0 Å². The first kappa shape index (κ1) is 19.1. The fraction of sp³-hybridized carbons (Fsp3) is 0.450. The van der Waals surface area contributed by atoms with Crippen LogP contribution in [0.1, 0.15) is 43.1 Å². The Hall–Kier alpha value is -2.67. The molecule has 0 radical (unpaired) electrons. The van der Waals surface area contributed by atoms with E-state index >= 15 is 0 Å². The molecule has 7 heteroatoms. The number of carbonyl (C=O) groups is 2. The minimum atomic E-state index is -0.0378. The van der Waals surface area contributed by atoms with Crippen LogP contribution in [0.5, 0.6) is 0 Å². The van der Waals surface area contributed by atoms with Gasteiger partial charge >= 0.3 is 0 Å². The zero-order chi connectivity index (χ0) is 19.2. The van der Waals surface area contributed by atoms with Gasteiger partial charge in [0.2, 0.25) is 5.91 Å². The zero-order valence-electron chi connectivity index (χ0n) is 15.9. The van der Waals surface area contributed by atoms with Crippen molar-refractivity contribution in [3.05, 3.63) is 48.2 Å². The summed E-state index contributed by atoms with van der Waals surface area (Å²) < 4.78 is 1.79. The Kier molecular flexibility index (Phi) is 6.24. The molecule has 144 valence electrons. The van der Waals surface area contributed by atoms with Crippen LogP contribution >= 0.6 is 0 Å². The molecule has 1 saturated heterocycles. The number of piperidine rings is 1. The van der Waals surface area contributed by atoms with Crippen molar-refractivity contribution in [2.75, 3.05) is 25.0 Å². The lowest BCUT2D eigenvalue weighted by Gasteiger charge is -2.31. The maximum atomic E-state index is 12.3. The van der Waals surface area contributed by atoms with Gasteiger partial charge in [0.05, 0.1) is 12.7 Å². The highest BCUT2D eigenvalue weighted by Gasteiger charge is 2.22. The molecule has 2 amide bonds. The Bertz CT molecular complexity index is 764. The molecule has 3 rings (SSSR count). The largest absolute Gasteiger partial charge is 0.349 e. The van der Waals surface area contributed by atoms with E-state index in [9.17, 15) is 9.59 Å². The van der Waals surface area contributed by atoms with E-state index in [-0.39, 0.29) is 23.9 Å². The molecule has 1 aliphatic rings. The molecule has 1 aromatic heterocycles. The summed E-state index contributed by atoms with van der Waals surface area (Å²) in [5, 5.41) is 10.2. The number of hydrogen-bond donors (Lipinski definition) is 2. The van der Waals surface area contributed by atoms with Gasteiger partial charge in [0, 0.05) is 36.8 Å². The highest BCUT2D eigenvalue weighted by molar-refractivity contribution is 5.94. The second kappa shape index (κ2) is 8.81. The Balaban J connectivity index is 1.43. The Morgan fingerprint density at radius 1 is 1.15 bits per heavy atom. The van der Waals surface area contributed by atoms with E-state index in [4.69, 9.17) is 0 Å². The van der Waals surface area contributed by atoms with E-state index in [0.29, 0.717) is 12.1 Å². The average Bonchev–Trinajstić information content (AvgIpc) is 3.12. The van der Waals surface area contributed by atoms with Gasteiger partial charge < -0.3 is 10.6 Å². The van der Waals surface area contributed by atoms with Crippen molar-refractivity contribution in [3.63, 3.8) is 0 Å². The first-order valence-electron chi connectivity index (χ1n) is 9.44. The monoisotopic (exact) mass is 369 g/mol. The van der Waals surface area contributed by atoms with Crippen LogP contribution in [0, 0.1) is 0 Å². The summed E-state index contributed by atoms with van der Waals surface area (Å²) in [7, 11) is 0. The number of benzene rings is 1. The molecule has 7 nitrogen and oxygen atoms in total. The van der Waals surface area contributed by atoms with Crippen molar-refractivity contribution < 1.29 is 9.59 Å². The number of aromatic nitrogens is 2. The third-order valence-corrected chi connectivity index (χ3v) is 4.75. The molecule has 1 aromatic carbocycles. The van der Waals surface area contributed by atoms with Crippen molar-refractivity contribution in [3.8, 4) is 0 Å². The number of hydrogen-bond acceptors (Lipinski definition) is 4. The molecule has 0 bridgehead atoms. The molecule has 2 aromatic rings. The quantitative estimate of drug-likeness (QED) is 0.819. The number of anilines is 1. The highest BCUT2D eigenvalue weighted by atomic mass is 16.2.